The lowest BCUT2D eigenvalue weighted by atomic mass is 10.1. The second-order valence-corrected chi connectivity index (χ2v) is 7.38. The quantitative estimate of drug-likeness (QED) is 0.563. The second kappa shape index (κ2) is 7.98. The van der Waals surface area contributed by atoms with Crippen LogP contribution in [0.25, 0.3) is 0 Å². The van der Waals surface area contributed by atoms with Crippen molar-refractivity contribution in [1.29, 1.82) is 0 Å². The summed E-state index contributed by atoms with van der Waals surface area (Å²) in [7, 11) is 0. The van der Waals surface area contributed by atoms with Gasteiger partial charge >= 0.3 is 0 Å². The topological polar surface area (TPSA) is 55.1 Å². The predicted octanol–water partition coefficient (Wildman–Crippen LogP) is 5.80. The molecule has 0 saturated carbocycles. The van der Waals surface area contributed by atoms with E-state index in [-0.39, 0.29) is 5.91 Å². The van der Waals surface area contributed by atoms with E-state index < -0.39 is 0 Å². The average Bonchev–Trinajstić information content (AvgIpc) is 2.95. The van der Waals surface area contributed by atoms with Gasteiger partial charge in [-0.2, -0.15) is 0 Å². The van der Waals surface area contributed by atoms with Crippen molar-refractivity contribution in [2.75, 3.05) is 5.32 Å². The van der Waals surface area contributed by atoms with Gasteiger partial charge in [-0.05, 0) is 50.6 Å². The van der Waals surface area contributed by atoms with Crippen LogP contribution in [0.5, 0.6) is 0 Å². The maximum Gasteiger partial charge on any atom is 0.256 e. The molecule has 1 heterocycles. The summed E-state index contributed by atoms with van der Waals surface area (Å²) in [6.45, 7) is 5.71. The summed E-state index contributed by atoms with van der Waals surface area (Å²) in [5.41, 5.74) is 4.14. The minimum absolute atomic E-state index is 0.155. The van der Waals surface area contributed by atoms with Crippen LogP contribution in [0.15, 0.2) is 51.9 Å². The first-order chi connectivity index (χ1) is 12.5. The number of hydrogen-bond acceptors (Lipinski definition) is 4. The molecule has 0 radical (unpaired) electrons. The van der Waals surface area contributed by atoms with Gasteiger partial charge in [0.25, 0.3) is 5.91 Å². The van der Waals surface area contributed by atoms with Gasteiger partial charge in [-0.25, -0.2) is 0 Å². The molecule has 0 fully saturated rings. The summed E-state index contributed by atoms with van der Waals surface area (Å²) in [5.74, 6) is 1.35. The Hall–Kier alpha value is -2.24. The standard InChI is InChI=1S/C20H19ClN2O2S/c1-12-17(21)8-6-9-18(12)22-20(24)15-7-4-5-10-19(15)26-11-16-13(2)23-25-14(16)3/h4-10H,11H2,1-3H3,(H,22,24). The van der Waals surface area contributed by atoms with E-state index in [9.17, 15) is 4.79 Å². The number of anilines is 1. The first-order valence-corrected chi connectivity index (χ1v) is 9.53. The Balaban J connectivity index is 1.80. The molecule has 26 heavy (non-hydrogen) atoms. The third kappa shape index (κ3) is 3.94. The summed E-state index contributed by atoms with van der Waals surface area (Å²) in [6.07, 6.45) is 0. The molecule has 0 atom stereocenters. The third-order valence-corrected chi connectivity index (χ3v) is 5.71. The van der Waals surface area contributed by atoms with Gasteiger partial charge in [0.15, 0.2) is 0 Å². The summed E-state index contributed by atoms with van der Waals surface area (Å²) < 4.78 is 5.21. The van der Waals surface area contributed by atoms with Gasteiger partial charge in [0.1, 0.15) is 5.76 Å². The highest BCUT2D eigenvalue weighted by Crippen LogP contribution is 2.30. The largest absolute Gasteiger partial charge is 0.361 e. The van der Waals surface area contributed by atoms with E-state index in [0.717, 1.165) is 27.5 Å². The van der Waals surface area contributed by atoms with E-state index in [1.165, 1.54) is 0 Å². The smallest absolute Gasteiger partial charge is 0.256 e. The number of halogens is 1. The van der Waals surface area contributed by atoms with Gasteiger partial charge in [0, 0.05) is 26.9 Å². The number of hydrogen-bond donors (Lipinski definition) is 1. The van der Waals surface area contributed by atoms with Crippen LogP contribution in [0.4, 0.5) is 5.69 Å². The SMILES string of the molecule is Cc1noc(C)c1CSc1ccccc1C(=O)Nc1cccc(Cl)c1C. The van der Waals surface area contributed by atoms with E-state index >= 15 is 0 Å². The molecule has 0 unspecified atom stereocenters. The first-order valence-electron chi connectivity index (χ1n) is 8.17. The molecule has 3 aromatic rings. The van der Waals surface area contributed by atoms with Crippen molar-refractivity contribution >= 4 is 35.0 Å². The van der Waals surface area contributed by atoms with Crippen LogP contribution >= 0.6 is 23.4 Å². The zero-order chi connectivity index (χ0) is 18.7. The number of rotatable bonds is 5. The predicted molar refractivity (Wildman–Crippen MR) is 106 cm³/mol. The lowest BCUT2D eigenvalue weighted by molar-refractivity contribution is 0.102. The third-order valence-electron chi connectivity index (χ3n) is 4.20. The molecule has 0 aliphatic heterocycles. The zero-order valence-electron chi connectivity index (χ0n) is 14.8. The number of aryl methyl sites for hydroxylation is 2. The number of carbonyl (C=O) groups is 1. The Morgan fingerprint density at radius 2 is 1.92 bits per heavy atom. The number of nitrogens with zero attached hydrogens (tertiary/aromatic N) is 1. The van der Waals surface area contributed by atoms with Crippen molar-refractivity contribution < 1.29 is 9.32 Å². The number of carbonyl (C=O) groups excluding carboxylic acids is 1. The van der Waals surface area contributed by atoms with Crippen molar-refractivity contribution in [3.63, 3.8) is 0 Å². The number of thioether (sulfide) groups is 1. The fourth-order valence-corrected chi connectivity index (χ4v) is 3.95. The van der Waals surface area contributed by atoms with E-state index in [4.69, 9.17) is 16.1 Å². The molecule has 0 bridgehead atoms. The Morgan fingerprint density at radius 3 is 2.65 bits per heavy atom. The monoisotopic (exact) mass is 386 g/mol. The highest BCUT2D eigenvalue weighted by Gasteiger charge is 2.15. The van der Waals surface area contributed by atoms with E-state index in [2.05, 4.69) is 10.5 Å². The van der Waals surface area contributed by atoms with Crippen molar-refractivity contribution in [1.82, 2.24) is 5.16 Å². The minimum Gasteiger partial charge on any atom is -0.361 e. The van der Waals surface area contributed by atoms with Crippen LogP contribution in [0.3, 0.4) is 0 Å². The summed E-state index contributed by atoms with van der Waals surface area (Å²) >= 11 is 7.73. The van der Waals surface area contributed by atoms with Crippen LogP contribution in [0.2, 0.25) is 5.02 Å². The van der Waals surface area contributed by atoms with Crippen molar-refractivity contribution in [2.24, 2.45) is 0 Å². The van der Waals surface area contributed by atoms with Crippen LogP contribution < -0.4 is 5.32 Å². The zero-order valence-corrected chi connectivity index (χ0v) is 16.4. The Morgan fingerprint density at radius 1 is 1.15 bits per heavy atom. The summed E-state index contributed by atoms with van der Waals surface area (Å²) in [4.78, 5) is 13.7. The Labute approximate surface area is 161 Å². The molecule has 0 spiro atoms. The normalized spacial score (nSPS) is 10.8. The fourth-order valence-electron chi connectivity index (χ4n) is 2.57. The van der Waals surface area contributed by atoms with Gasteiger partial charge in [-0.15, -0.1) is 11.8 Å². The number of amides is 1. The summed E-state index contributed by atoms with van der Waals surface area (Å²) in [5, 5.41) is 7.56. The van der Waals surface area contributed by atoms with Crippen LogP contribution in [0.1, 0.15) is 32.9 Å². The van der Waals surface area contributed by atoms with Crippen LogP contribution in [-0.4, -0.2) is 11.1 Å². The number of aromatic nitrogens is 1. The molecule has 6 heteroatoms. The Bertz CT molecular complexity index is 933. The molecular formula is C20H19ClN2O2S. The maximum absolute atomic E-state index is 12.8. The van der Waals surface area contributed by atoms with Crippen molar-refractivity contribution in [3.8, 4) is 0 Å². The Kier molecular flexibility index (Phi) is 5.69. The van der Waals surface area contributed by atoms with Gasteiger partial charge in [0.05, 0.1) is 11.3 Å². The van der Waals surface area contributed by atoms with Gasteiger partial charge in [-0.1, -0.05) is 35.0 Å². The molecule has 0 aliphatic carbocycles. The average molecular weight is 387 g/mol. The molecule has 0 saturated heterocycles. The molecule has 134 valence electrons. The molecule has 3 rings (SSSR count). The number of benzene rings is 2. The van der Waals surface area contributed by atoms with Crippen molar-refractivity contribution in [3.05, 3.63) is 75.6 Å². The van der Waals surface area contributed by atoms with E-state index in [0.29, 0.717) is 22.0 Å². The second-order valence-electron chi connectivity index (χ2n) is 5.95. The van der Waals surface area contributed by atoms with Crippen LogP contribution in [-0.2, 0) is 5.75 Å². The molecule has 1 aromatic heterocycles. The van der Waals surface area contributed by atoms with Gasteiger partial charge in [-0.3, -0.25) is 4.79 Å². The fraction of sp³-hybridized carbons (Fsp3) is 0.200. The highest BCUT2D eigenvalue weighted by atomic mass is 35.5. The lowest BCUT2D eigenvalue weighted by Crippen LogP contribution is -2.14. The van der Waals surface area contributed by atoms with Crippen molar-refractivity contribution in [2.45, 2.75) is 31.4 Å². The minimum atomic E-state index is -0.155. The lowest BCUT2D eigenvalue weighted by Gasteiger charge is -2.12. The summed E-state index contributed by atoms with van der Waals surface area (Å²) in [6, 6.07) is 13.0. The van der Waals surface area contributed by atoms with E-state index in [1.54, 1.807) is 17.8 Å². The molecule has 0 aliphatic rings. The molecule has 4 nitrogen and oxygen atoms in total. The molecule has 1 N–H and O–H groups in total. The first kappa shape index (κ1) is 18.5. The van der Waals surface area contributed by atoms with Crippen LogP contribution in [0, 0.1) is 20.8 Å². The van der Waals surface area contributed by atoms with Gasteiger partial charge in [0.2, 0.25) is 0 Å². The van der Waals surface area contributed by atoms with Gasteiger partial charge < -0.3 is 9.84 Å². The highest BCUT2D eigenvalue weighted by molar-refractivity contribution is 7.98. The maximum atomic E-state index is 12.8. The van der Waals surface area contributed by atoms with E-state index in [1.807, 2.05) is 57.2 Å². The number of nitrogens with one attached hydrogen (secondary N) is 1. The molecular weight excluding hydrogens is 368 g/mol. The molecule has 1 amide bonds. The molecule has 2 aromatic carbocycles.